The summed E-state index contributed by atoms with van der Waals surface area (Å²) in [6.07, 6.45) is 0. The number of benzene rings is 8. The summed E-state index contributed by atoms with van der Waals surface area (Å²) in [7, 11) is 0. The number of aromatic nitrogens is 1. The fraction of sp³-hybridized carbons (Fsp3) is 0.111. The molecule has 0 bridgehead atoms. The first-order valence-corrected chi connectivity index (χ1v) is 19.8. The predicted molar refractivity (Wildman–Crippen MR) is 236 cm³/mol. The van der Waals surface area contributed by atoms with Gasteiger partial charge in [-0.25, -0.2) is 0 Å². The zero-order valence-corrected chi connectivity index (χ0v) is 32.2. The number of nitrogens with zero attached hydrogens (tertiary/aromatic N) is 1. The molecule has 0 atom stereocenters. The Hall–Kier alpha value is -6.64. The van der Waals surface area contributed by atoms with E-state index in [4.69, 9.17) is 0 Å². The van der Waals surface area contributed by atoms with Crippen molar-refractivity contribution in [3.8, 4) is 44.5 Å². The number of aromatic amines is 1. The number of rotatable bonds is 5. The average molecular weight is 719 g/mol. The molecule has 11 rings (SSSR count). The Kier molecular flexibility index (Phi) is 6.98. The van der Waals surface area contributed by atoms with E-state index in [2.05, 4.69) is 214 Å². The number of nitrogens with one attached hydrogen (secondary N) is 1. The van der Waals surface area contributed by atoms with E-state index in [1.807, 2.05) is 0 Å². The molecule has 0 fully saturated rings. The molecule has 0 aliphatic heterocycles. The van der Waals surface area contributed by atoms with Crippen LogP contribution in [-0.4, -0.2) is 4.98 Å². The Morgan fingerprint density at radius 1 is 0.375 bits per heavy atom. The van der Waals surface area contributed by atoms with Gasteiger partial charge in [-0.05, 0) is 104 Å². The van der Waals surface area contributed by atoms with Crippen LogP contribution in [0.3, 0.4) is 0 Å². The lowest BCUT2D eigenvalue weighted by atomic mass is 9.82. The van der Waals surface area contributed by atoms with Crippen molar-refractivity contribution in [2.75, 3.05) is 4.90 Å². The molecule has 268 valence electrons. The van der Waals surface area contributed by atoms with Gasteiger partial charge in [-0.2, -0.15) is 0 Å². The molecule has 1 heterocycles. The third kappa shape index (κ3) is 4.69. The Morgan fingerprint density at radius 3 is 1.73 bits per heavy atom. The number of hydrogen-bond donors (Lipinski definition) is 1. The molecular weight excluding hydrogens is 677 g/mol. The summed E-state index contributed by atoms with van der Waals surface area (Å²) in [5, 5.41) is 2.44. The second-order valence-corrected chi connectivity index (χ2v) is 16.6. The molecule has 0 saturated carbocycles. The van der Waals surface area contributed by atoms with Crippen molar-refractivity contribution in [2.45, 2.75) is 38.5 Å². The van der Waals surface area contributed by atoms with Gasteiger partial charge in [-0.15, -0.1) is 0 Å². The Morgan fingerprint density at radius 2 is 0.929 bits per heavy atom. The zero-order chi connectivity index (χ0) is 37.8. The number of para-hydroxylation sites is 1. The Bertz CT molecular complexity index is 3020. The minimum Gasteiger partial charge on any atom is -0.354 e. The number of hydrogen-bond acceptors (Lipinski definition) is 1. The first-order chi connectivity index (χ1) is 27.3. The van der Waals surface area contributed by atoms with Crippen molar-refractivity contribution in [3.05, 3.63) is 198 Å². The summed E-state index contributed by atoms with van der Waals surface area (Å²) in [5.74, 6) is 0. The number of anilines is 3. The van der Waals surface area contributed by atoms with E-state index in [0.717, 1.165) is 22.6 Å². The highest BCUT2D eigenvalue weighted by Gasteiger charge is 2.37. The van der Waals surface area contributed by atoms with Crippen LogP contribution in [0.15, 0.2) is 176 Å². The third-order valence-corrected chi connectivity index (χ3v) is 12.8. The van der Waals surface area contributed by atoms with E-state index in [0.29, 0.717) is 0 Å². The maximum absolute atomic E-state index is 3.89. The minimum absolute atomic E-state index is 0.0521. The van der Waals surface area contributed by atoms with Crippen LogP contribution in [0.1, 0.15) is 49.9 Å². The summed E-state index contributed by atoms with van der Waals surface area (Å²) in [5.41, 5.74) is 21.4. The second-order valence-electron chi connectivity index (χ2n) is 16.6. The molecule has 0 radical (unpaired) electrons. The molecule has 2 aliphatic carbocycles. The molecule has 0 unspecified atom stereocenters. The van der Waals surface area contributed by atoms with E-state index in [-0.39, 0.29) is 10.8 Å². The summed E-state index contributed by atoms with van der Waals surface area (Å²) in [6, 6.07) is 65.1. The molecule has 2 heteroatoms. The summed E-state index contributed by atoms with van der Waals surface area (Å²) in [6.45, 7) is 9.43. The van der Waals surface area contributed by atoms with Gasteiger partial charge in [-0.3, -0.25) is 0 Å². The van der Waals surface area contributed by atoms with Gasteiger partial charge in [0.1, 0.15) is 0 Å². The molecule has 2 nitrogen and oxygen atoms in total. The van der Waals surface area contributed by atoms with Crippen molar-refractivity contribution < 1.29 is 0 Å². The lowest BCUT2D eigenvalue weighted by molar-refractivity contribution is 0.660. The van der Waals surface area contributed by atoms with Gasteiger partial charge in [0.05, 0.1) is 5.52 Å². The molecule has 2 aliphatic rings. The molecule has 1 aromatic heterocycles. The van der Waals surface area contributed by atoms with Gasteiger partial charge in [-0.1, -0.05) is 161 Å². The van der Waals surface area contributed by atoms with Crippen LogP contribution in [0, 0.1) is 0 Å². The molecule has 0 amide bonds. The SMILES string of the molecule is CC1(C)c2ccccc2-c2ccc(N(c3ccc(-c4ccccc4)cc3)c3ccc4[nH]c5c(-c6cccc7c6-c6ccccc6C7(C)C)cccc5c4c3)cc21. The van der Waals surface area contributed by atoms with Crippen LogP contribution in [0.2, 0.25) is 0 Å². The number of H-pyrrole nitrogens is 1. The van der Waals surface area contributed by atoms with E-state index in [1.54, 1.807) is 0 Å². The van der Waals surface area contributed by atoms with Gasteiger partial charge in [0.2, 0.25) is 0 Å². The van der Waals surface area contributed by atoms with Crippen LogP contribution < -0.4 is 4.90 Å². The summed E-state index contributed by atoms with van der Waals surface area (Å²) >= 11 is 0. The quantitative estimate of drug-likeness (QED) is 0.188. The Labute approximate surface area is 328 Å². The van der Waals surface area contributed by atoms with Crippen LogP contribution in [0.5, 0.6) is 0 Å². The fourth-order valence-corrected chi connectivity index (χ4v) is 9.96. The zero-order valence-electron chi connectivity index (χ0n) is 32.2. The topological polar surface area (TPSA) is 19.0 Å². The molecule has 0 spiro atoms. The smallest absolute Gasteiger partial charge is 0.0544 e. The second kappa shape index (κ2) is 11.9. The van der Waals surface area contributed by atoms with Crippen LogP contribution in [0.25, 0.3) is 66.3 Å². The van der Waals surface area contributed by atoms with E-state index in [9.17, 15) is 0 Å². The Balaban J connectivity index is 1.08. The van der Waals surface area contributed by atoms with Crippen molar-refractivity contribution in [1.82, 2.24) is 4.98 Å². The maximum Gasteiger partial charge on any atom is 0.0544 e. The molecular formula is C54H42N2. The van der Waals surface area contributed by atoms with Crippen molar-refractivity contribution in [3.63, 3.8) is 0 Å². The van der Waals surface area contributed by atoms with Gasteiger partial charge < -0.3 is 9.88 Å². The molecule has 9 aromatic rings. The van der Waals surface area contributed by atoms with Gasteiger partial charge >= 0.3 is 0 Å². The van der Waals surface area contributed by atoms with Crippen LogP contribution in [0.4, 0.5) is 17.1 Å². The first kappa shape index (κ1) is 32.8. The largest absolute Gasteiger partial charge is 0.354 e. The summed E-state index contributed by atoms with van der Waals surface area (Å²) < 4.78 is 0. The minimum atomic E-state index is -0.102. The van der Waals surface area contributed by atoms with E-state index >= 15 is 0 Å². The molecule has 8 aromatic carbocycles. The van der Waals surface area contributed by atoms with Gasteiger partial charge in [0.15, 0.2) is 0 Å². The van der Waals surface area contributed by atoms with Crippen LogP contribution >= 0.6 is 0 Å². The van der Waals surface area contributed by atoms with E-state index < -0.39 is 0 Å². The fourth-order valence-electron chi connectivity index (χ4n) is 9.96. The van der Waals surface area contributed by atoms with E-state index in [1.165, 1.54) is 83.1 Å². The highest BCUT2D eigenvalue weighted by atomic mass is 15.1. The predicted octanol–water partition coefficient (Wildman–Crippen LogP) is 14.7. The molecule has 0 saturated heterocycles. The van der Waals surface area contributed by atoms with Crippen molar-refractivity contribution in [2.24, 2.45) is 0 Å². The number of fused-ring (bicyclic) bond motifs is 9. The van der Waals surface area contributed by atoms with Gasteiger partial charge in [0, 0.05) is 49.7 Å². The first-order valence-electron chi connectivity index (χ1n) is 19.8. The lowest BCUT2D eigenvalue weighted by Gasteiger charge is -2.28. The highest BCUT2D eigenvalue weighted by Crippen LogP contribution is 2.54. The van der Waals surface area contributed by atoms with Crippen molar-refractivity contribution in [1.29, 1.82) is 0 Å². The third-order valence-electron chi connectivity index (χ3n) is 12.8. The van der Waals surface area contributed by atoms with Gasteiger partial charge in [0.25, 0.3) is 0 Å². The highest BCUT2D eigenvalue weighted by molar-refractivity contribution is 6.14. The lowest BCUT2D eigenvalue weighted by Crippen LogP contribution is -2.16. The summed E-state index contributed by atoms with van der Waals surface area (Å²) in [4.78, 5) is 6.32. The maximum atomic E-state index is 3.89. The van der Waals surface area contributed by atoms with Crippen LogP contribution in [-0.2, 0) is 10.8 Å². The monoisotopic (exact) mass is 718 g/mol. The molecule has 1 N–H and O–H groups in total. The standard InChI is InChI=1S/C54H42N2/c1-53(2)47-22-11-9-17-44(47)51-41(18-13-23-48(51)53)42-19-12-20-43-45-32-37(29-31-50(45)55-52(42)43)56(36-26-24-35(25-27-36)34-14-6-5-7-15-34)38-28-30-40-39-16-8-10-21-46(39)54(3,4)49(40)33-38/h5-33,55H,1-4H3. The normalized spacial score (nSPS) is 14.4. The molecule has 56 heavy (non-hydrogen) atoms. The average Bonchev–Trinajstić information content (AvgIpc) is 3.81. The van der Waals surface area contributed by atoms with Crippen molar-refractivity contribution >= 4 is 38.9 Å².